The summed E-state index contributed by atoms with van der Waals surface area (Å²) in [6.45, 7) is 0. The molecule has 4 heteroatoms. The first-order valence-electron chi connectivity index (χ1n) is 3.99. The number of nitrogen functional groups attached to an aromatic ring is 1. The molecule has 0 aromatic carbocycles. The zero-order valence-electron chi connectivity index (χ0n) is 7.28. The Bertz CT molecular complexity index is 439. The van der Waals surface area contributed by atoms with Crippen LogP contribution in [-0.4, -0.2) is 17.0 Å². The predicted octanol–water partition coefficient (Wildman–Crippen LogP) is 1.25. The van der Waals surface area contributed by atoms with Gasteiger partial charge in [0.1, 0.15) is 11.6 Å². The molecule has 0 saturated heterocycles. The van der Waals surface area contributed by atoms with Crippen molar-refractivity contribution >= 4 is 22.4 Å². The van der Waals surface area contributed by atoms with Gasteiger partial charge in [-0.05, 0) is 17.5 Å². The minimum absolute atomic E-state index is 0.528. The average Bonchev–Trinajstić information content (AvgIpc) is 2.16. The molecule has 4 nitrogen and oxygen atoms in total. The molecular weight excluding hydrogens is 164 g/mol. The van der Waals surface area contributed by atoms with Crippen LogP contribution >= 0.6 is 0 Å². The summed E-state index contributed by atoms with van der Waals surface area (Å²) in [6, 6.07) is 3.74. The van der Waals surface area contributed by atoms with Crippen molar-refractivity contribution in [3.63, 3.8) is 0 Å². The fraction of sp³-hybridized carbons (Fsp3) is 0.111. The highest BCUT2D eigenvalue weighted by atomic mass is 15.0. The van der Waals surface area contributed by atoms with Gasteiger partial charge in [0.2, 0.25) is 0 Å². The molecule has 0 aliphatic carbocycles. The highest BCUT2D eigenvalue weighted by molar-refractivity contribution is 5.92. The van der Waals surface area contributed by atoms with Gasteiger partial charge in [-0.15, -0.1) is 0 Å². The zero-order chi connectivity index (χ0) is 9.26. The lowest BCUT2D eigenvalue weighted by Crippen LogP contribution is -1.95. The third-order valence-electron chi connectivity index (χ3n) is 1.91. The quantitative estimate of drug-likeness (QED) is 0.683. The average molecular weight is 174 g/mol. The summed E-state index contributed by atoms with van der Waals surface area (Å²) in [6.07, 6.45) is 3.47. The van der Waals surface area contributed by atoms with Crippen molar-refractivity contribution in [3.8, 4) is 0 Å². The van der Waals surface area contributed by atoms with Gasteiger partial charge >= 0.3 is 0 Å². The molecule has 0 radical (unpaired) electrons. The van der Waals surface area contributed by atoms with Crippen molar-refractivity contribution in [1.82, 2.24) is 9.97 Å². The second-order valence-electron chi connectivity index (χ2n) is 2.74. The molecule has 0 aliphatic heterocycles. The van der Waals surface area contributed by atoms with Crippen molar-refractivity contribution in [2.45, 2.75) is 0 Å². The Kier molecular flexibility index (Phi) is 1.73. The Balaban J connectivity index is 2.77. The molecule has 66 valence electrons. The minimum Gasteiger partial charge on any atom is -0.384 e. The Morgan fingerprint density at radius 2 is 2.23 bits per heavy atom. The third-order valence-corrected chi connectivity index (χ3v) is 1.91. The highest BCUT2D eigenvalue weighted by Gasteiger charge is 2.00. The van der Waals surface area contributed by atoms with Crippen LogP contribution in [0.2, 0.25) is 0 Å². The number of aromatic nitrogens is 2. The van der Waals surface area contributed by atoms with Gasteiger partial charge in [-0.1, -0.05) is 0 Å². The van der Waals surface area contributed by atoms with E-state index in [1.165, 1.54) is 0 Å². The number of pyridine rings is 2. The predicted molar refractivity (Wildman–Crippen MR) is 53.5 cm³/mol. The Hall–Kier alpha value is -1.84. The van der Waals surface area contributed by atoms with Gasteiger partial charge in [0, 0.05) is 24.8 Å². The number of nitrogens with zero attached hydrogens (tertiary/aromatic N) is 2. The molecule has 0 saturated carbocycles. The molecule has 2 rings (SSSR count). The molecule has 0 fully saturated rings. The van der Waals surface area contributed by atoms with E-state index in [1.54, 1.807) is 12.4 Å². The van der Waals surface area contributed by atoms with E-state index in [0.29, 0.717) is 5.82 Å². The standard InChI is InChI=1S/C9H10N4/c1-11-9-7-5-13-8(10)4-6(7)2-3-12-9/h2-5H,1H3,(H2,10,13)(H,11,12). The van der Waals surface area contributed by atoms with E-state index in [2.05, 4.69) is 15.3 Å². The van der Waals surface area contributed by atoms with Gasteiger partial charge in [0.25, 0.3) is 0 Å². The second kappa shape index (κ2) is 2.90. The van der Waals surface area contributed by atoms with Gasteiger partial charge in [-0.3, -0.25) is 0 Å². The number of nitrogens with two attached hydrogens (primary N) is 1. The van der Waals surface area contributed by atoms with Crippen molar-refractivity contribution in [1.29, 1.82) is 0 Å². The molecule has 13 heavy (non-hydrogen) atoms. The molecule has 0 atom stereocenters. The van der Waals surface area contributed by atoms with Crippen LogP contribution in [-0.2, 0) is 0 Å². The van der Waals surface area contributed by atoms with Gasteiger partial charge in [-0.2, -0.15) is 0 Å². The maximum atomic E-state index is 5.56. The van der Waals surface area contributed by atoms with Crippen LogP contribution in [0, 0.1) is 0 Å². The van der Waals surface area contributed by atoms with Gasteiger partial charge < -0.3 is 11.1 Å². The van der Waals surface area contributed by atoms with Crippen LogP contribution < -0.4 is 11.1 Å². The lowest BCUT2D eigenvalue weighted by atomic mass is 10.2. The van der Waals surface area contributed by atoms with Crippen molar-refractivity contribution in [3.05, 3.63) is 24.5 Å². The van der Waals surface area contributed by atoms with Crippen molar-refractivity contribution < 1.29 is 0 Å². The number of hydrogen-bond acceptors (Lipinski definition) is 4. The lowest BCUT2D eigenvalue weighted by molar-refractivity contribution is 1.29. The molecule has 2 aromatic rings. The molecule has 2 heterocycles. The van der Waals surface area contributed by atoms with Crippen LogP contribution in [0.5, 0.6) is 0 Å². The maximum Gasteiger partial charge on any atom is 0.135 e. The molecule has 0 aliphatic rings. The van der Waals surface area contributed by atoms with E-state index in [9.17, 15) is 0 Å². The largest absolute Gasteiger partial charge is 0.384 e. The van der Waals surface area contributed by atoms with Gasteiger partial charge in [0.15, 0.2) is 0 Å². The monoisotopic (exact) mass is 174 g/mol. The molecule has 2 aromatic heterocycles. The Morgan fingerprint density at radius 1 is 1.38 bits per heavy atom. The molecule has 0 spiro atoms. The molecule has 0 amide bonds. The molecule has 0 unspecified atom stereocenters. The smallest absolute Gasteiger partial charge is 0.135 e. The number of hydrogen-bond donors (Lipinski definition) is 2. The first-order chi connectivity index (χ1) is 6.31. The maximum absolute atomic E-state index is 5.56. The SMILES string of the molecule is CNc1nccc2cc(N)ncc12. The number of fused-ring (bicyclic) bond motifs is 1. The topological polar surface area (TPSA) is 63.8 Å². The van der Waals surface area contributed by atoms with Crippen molar-refractivity contribution in [2.75, 3.05) is 18.1 Å². The van der Waals surface area contributed by atoms with Crippen LogP contribution in [0.3, 0.4) is 0 Å². The first-order valence-corrected chi connectivity index (χ1v) is 3.99. The third kappa shape index (κ3) is 1.26. The van der Waals surface area contributed by atoms with Gasteiger partial charge in [0.05, 0.1) is 0 Å². The number of anilines is 2. The van der Waals surface area contributed by atoms with Gasteiger partial charge in [-0.25, -0.2) is 9.97 Å². The van der Waals surface area contributed by atoms with Crippen molar-refractivity contribution in [2.24, 2.45) is 0 Å². The van der Waals surface area contributed by atoms with Crippen LogP contribution in [0.25, 0.3) is 10.8 Å². The van der Waals surface area contributed by atoms with Crippen LogP contribution in [0.4, 0.5) is 11.6 Å². The second-order valence-corrected chi connectivity index (χ2v) is 2.74. The van der Waals surface area contributed by atoms with E-state index in [1.807, 2.05) is 19.2 Å². The fourth-order valence-electron chi connectivity index (χ4n) is 1.28. The molecule has 0 bridgehead atoms. The summed E-state index contributed by atoms with van der Waals surface area (Å²) in [5.41, 5.74) is 5.56. The minimum atomic E-state index is 0.528. The van der Waals surface area contributed by atoms with Crippen LogP contribution in [0.15, 0.2) is 24.5 Å². The summed E-state index contributed by atoms with van der Waals surface area (Å²) >= 11 is 0. The van der Waals surface area contributed by atoms with E-state index < -0.39 is 0 Å². The number of rotatable bonds is 1. The summed E-state index contributed by atoms with van der Waals surface area (Å²) in [5, 5.41) is 5.03. The highest BCUT2D eigenvalue weighted by Crippen LogP contribution is 2.20. The summed E-state index contributed by atoms with van der Waals surface area (Å²) in [5.74, 6) is 1.35. The lowest BCUT2D eigenvalue weighted by Gasteiger charge is -2.03. The first kappa shape index (κ1) is 7.79. The summed E-state index contributed by atoms with van der Waals surface area (Å²) < 4.78 is 0. The summed E-state index contributed by atoms with van der Waals surface area (Å²) in [7, 11) is 1.83. The van der Waals surface area contributed by atoms with E-state index in [-0.39, 0.29) is 0 Å². The van der Waals surface area contributed by atoms with Crippen LogP contribution in [0.1, 0.15) is 0 Å². The van der Waals surface area contributed by atoms with E-state index in [4.69, 9.17) is 5.73 Å². The fourth-order valence-corrected chi connectivity index (χ4v) is 1.28. The summed E-state index contributed by atoms with van der Waals surface area (Å²) in [4.78, 5) is 8.18. The normalized spacial score (nSPS) is 10.2. The van der Waals surface area contributed by atoms with E-state index >= 15 is 0 Å². The molecular formula is C9H10N4. The Labute approximate surface area is 75.8 Å². The Morgan fingerprint density at radius 3 is 3.00 bits per heavy atom. The van der Waals surface area contributed by atoms with E-state index in [0.717, 1.165) is 16.6 Å². The zero-order valence-corrected chi connectivity index (χ0v) is 7.28. The number of nitrogens with one attached hydrogen (secondary N) is 1. The molecule has 3 N–H and O–H groups in total.